The quantitative estimate of drug-likeness (QED) is 0.628. The number of benzene rings is 3. The van der Waals surface area contributed by atoms with E-state index >= 15 is 0 Å². The van der Waals surface area contributed by atoms with Crippen LogP contribution in [0.2, 0.25) is 0 Å². The molecular formula is C26H23N3O4S. The van der Waals surface area contributed by atoms with E-state index in [2.05, 4.69) is 4.40 Å². The minimum atomic E-state index is -4.00. The lowest BCUT2D eigenvalue weighted by Gasteiger charge is -2.38. The fraction of sp³-hybridized carbons (Fsp3) is 0.231. The first-order valence-corrected chi connectivity index (χ1v) is 12.6. The van der Waals surface area contributed by atoms with Crippen molar-refractivity contribution in [3.05, 3.63) is 95.6 Å². The monoisotopic (exact) mass is 473 g/mol. The van der Waals surface area contributed by atoms with Gasteiger partial charge in [0.25, 0.3) is 15.9 Å². The molecule has 7 nitrogen and oxygen atoms in total. The van der Waals surface area contributed by atoms with Gasteiger partial charge in [-0.25, -0.2) is 0 Å². The SMILES string of the molecule is Cc1ccc(S(=O)(=O)/N=C2\C[C@@H]3[C@H](O)c4ccccc4N4C(=O)[C@@H](c5ccccc5)N2[C@H]34)cc1. The number of carbonyl (C=O) groups is 1. The average Bonchev–Trinajstić information content (AvgIpc) is 3.34. The van der Waals surface area contributed by atoms with Crippen LogP contribution >= 0.6 is 0 Å². The number of fused-ring (bicyclic) bond motifs is 2. The molecule has 2 saturated heterocycles. The van der Waals surface area contributed by atoms with Crippen LogP contribution in [0.15, 0.2) is 88.2 Å². The summed E-state index contributed by atoms with van der Waals surface area (Å²) in [4.78, 5) is 17.4. The van der Waals surface area contributed by atoms with Gasteiger partial charge in [-0.2, -0.15) is 8.42 Å². The highest BCUT2D eigenvalue weighted by Gasteiger charge is 2.60. The van der Waals surface area contributed by atoms with Gasteiger partial charge in [-0.1, -0.05) is 66.2 Å². The fourth-order valence-corrected chi connectivity index (χ4v) is 6.46. The Morgan fingerprint density at radius 2 is 1.62 bits per heavy atom. The van der Waals surface area contributed by atoms with E-state index in [1.54, 1.807) is 21.9 Å². The van der Waals surface area contributed by atoms with Crippen LogP contribution < -0.4 is 4.90 Å². The standard InChI is InChI=1S/C26H23N3O4S/c1-16-11-13-18(14-12-16)34(32,33)27-22-15-20-24(30)19-9-5-6-10-21(19)28-25(20)29(22)23(26(28)31)17-7-3-2-4-8-17/h2-14,20,23-25,30H,15H2,1H3/b27-22+/t20-,23-,24-,25-/m1/s1. The molecule has 8 heteroatoms. The highest BCUT2D eigenvalue weighted by Crippen LogP contribution is 2.53. The Bertz CT molecular complexity index is 1420. The van der Waals surface area contributed by atoms with Crippen LogP contribution in [0.5, 0.6) is 0 Å². The average molecular weight is 474 g/mol. The second kappa shape index (κ2) is 7.51. The van der Waals surface area contributed by atoms with Crippen LogP contribution in [0.25, 0.3) is 0 Å². The minimum absolute atomic E-state index is 0.1000. The molecule has 0 spiro atoms. The van der Waals surface area contributed by atoms with Crippen molar-refractivity contribution < 1.29 is 18.3 Å². The number of rotatable bonds is 3. The summed E-state index contributed by atoms with van der Waals surface area (Å²) in [6, 6.07) is 22.5. The van der Waals surface area contributed by atoms with E-state index in [0.717, 1.165) is 11.1 Å². The molecule has 0 unspecified atom stereocenters. The molecule has 0 saturated carbocycles. The molecule has 0 aliphatic carbocycles. The van der Waals surface area contributed by atoms with Gasteiger partial charge in [-0.15, -0.1) is 4.40 Å². The zero-order chi connectivity index (χ0) is 23.6. The van der Waals surface area contributed by atoms with Crippen molar-refractivity contribution in [1.29, 1.82) is 0 Å². The number of aliphatic hydroxyl groups is 1. The maximum Gasteiger partial charge on any atom is 0.283 e. The number of aliphatic hydroxyl groups excluding tert-OH is 1. The minimum Gasteiger partial charge on any atom is -0.388 e. The Labute approximate surface area is 198 Å². The molecule has 172 valence electrons. The molecule has 3 heterocycles. The number of anilines is 1. The van der Waals surface area contributed by atoms with E-state index < -0.39 is 28.3 Å². The van der Waals surface area contributed by atoms with E-state index in [1.807, 2.05) is 61.5 Å². The topological polar surface area (TPSA) is 90.3 Å². The Morgan fingerprint density at radius 1 is 0.941 bits per heavy atom. The van der Waals surface area contributed by atoms with Gasteiger partial charge in [-0.05, 0) is 30.7 Å². The second-order valence-corrected chi connectivity index (χ2v) is 10.6. The first kappa shape index (κ1) is 21.1. The number of hydrogen-bond donors (Lipinski definition) is 1. The molecule has 3 aliphatic heterocycles. The van der Waals surface area contributed by atoms with Crippen LogP contribution in [0, 0.1) is 12.8 Å². The number of hydrogen-bond acceptors (Lipinski definition) is 4. The largest absolute Gasteiger partial charge is 0.388 e. The molecule has 1 amide bonds. The first-order valence-electron chi connectivity index (χ1n) is 11.2. The Hall–Kier alpha value is -3.49. The molecule has 4 atom stereocenters. The Balaban J connectivity index is 1.52. The molecule has 0 radical (unpaired) electrons. The number of amidine groups is 1. The lowest BCUT2D eigenvalue weighted by atomic mass is 9.87. The van der Waals surface area contributed by atoms with Gasteiger partial charge in [0.05, 0.1) is 16.7 Å². The smallest absolute Gasteiger partial charge is 0.283 e. The Morgan fingerprint density at radius 3 is 2.35 bits per heavy atom. The molecular weight excluding hydrogens is 450 g/mol. The van der Waals surface area contributed by atoms with Crippen molar-refractivity contribution in [2.24, 2.45) is 10.3 Å². The maximum atomic E-state index is 13.8. The third kappa shape index (κ3) is 3.02. The van der Waals surface area contributed by atoms with E-state index in [-0.39, 0.29) is 23.1 Å². The van der Waals surface area contributed by atoms with Crippen molar-refractivity contribution in [1.82, 2.24) is 4.90 Å². The number of carbonyl (C=O) groups excluding carboxylic acids is 1. The van der Waals surface area contributed by atoms with Crippen molar-refractivity contribution in [3.63, 3.8) is 0 Å². The third-order valence-electron chi connectivity index (χ3n) is 6.98. The first-order chi connectivity index (χ1) is 16.4. The summed E-state index contributed by atoms with van der Waals surface area (Å²) in [7, 11) is -4.00. The molecule has 1 N–H and O–H groups in total. The zero-order valence-corrected chi connectivity index (χ0v) is 19.3. The number of sulfonamides is 1. The summed E-state index contributed by atoms with van der Waals surface area (Å²) in [6.07, 6.45) is -1.09. The van der Waals surface area contributed by atoms with E-state index in [0.29, 0.717) is 17.1 Å². The summed E-state index contributed by atoms with van der Waals surface area (Å²) >= 11 is 0. The molecule has 6 rings (SSSR count). The van der Waals surface area contributed by atoms with Gasteiger partial charge < -0.3 is 10.0 Å². The van der Waals surface area contributed by atoms with Crippen LogP contribution in [-0.4, -0.2) is 36.3 Å². The summed E-state index contributed by atoms with van der Waals surface area (Å²) in [5.74, 6) is -0.243. The zero-order valence-electron chi connectivity index (χ0n) is 18.4. The number of aryl methyl sites for hydroxylation is 1. The van der Waals surface area contributed by atoms with Gasteiger partial charge in [0, 0.05) is 17.9 Å². The highest BCUT2D eigenvalue weighted by atomic mass is 32.2. The van der Waals surface area contributed by atoms with Crippen LogP contribution in [0.3, 0.4) is 0 Å². The van der Waals surface area contributed by atoms with Crippen molar-refractivity contribution in [3.8, 4) is 0 Å². The lowest BCUT2D eigenvalue weighted by Crippen LogP contribution is -2.46. The summed E-state index contributed by atoms with van der Waals surface area (Å²) < 4.78 is 30.7. The fourth-order valence-electron chi connectivity index (χ4n) is 5.43. The molecule has 34 heavy (non-hydrogen) atoms. The molecule has 3 aliphatic rings. The summed E-state index contributed by atoms with van der Waals surface area (Å²) in [5.41, 5.74) is 3.04. The molecule has 0 bridgehead atoms. The van der Waals surface area contributed by atoms with Gasteiger partial charge in [-0.3, -0.25) is 9.69 Å². The third-order valence-corrected chi connectivity index (χ3v) is 8.30. The molecule has 2 fully saturated rings. The van der Waals surface area contributed by atoms with Gasteiger partial charge in [0.15, 0.2) is 0 Å². The van der Waals surface area contributed by atoms with E-state index in [1.165, 1.54) is 12.1 Å². The molecule has 3 aromatic carbocycles. The van der Waals surface area contributed by atoms with Crippen LogP contribution in [-0.2, 0) is 14.8 Å². The second-order valence-electron chi connectivity index (χ2n) is 9.01. The summed E-state index contributed by atoms with van der Waals surface area (Å²) in [6.45, 7) is 1.89. The predicted octanol–water partition coefficient (Wildman–Crippen LogP) is 3.57. The van der Waals surface area contributed by atoms with Crippen molar-refractivity contribution in [2.45, 2.75) is 36.6 Å². The lowest BCUT2D eigenvalue weighted by molar-refractivity contribution is -0.119. The van der Waals surface area contributed by atoms with E-state index in [4.69, 9.17) is 0 Å². The predicted molar refractivity (Wildman–Crippen MR) is 128 cm³/mol. The van der Waals surface area contributed by atoms with E-state index in [9.17, 15) is 18.3 Å². The number of nitrogens with zero attached hydrogens (tertiary/aromatic N) is 3. The van der Waals surface area contributed by atoms with Crippen molar-refractivity contribution in [2.75, 3.05) is 4.90 Å². The summed E-state index contributed by atoms with van der Waals surface area (Å²) in [5, 5.41) is 11.2. The van der Waals surface area contributed by atoms with Crippen LogP contribution in [0.4, 0.5) is 5.69 Å². The highest BCUT2D eigenvalue weighted by molar-refractivity contribution is 7.90. The number of para-hydroxylation sites is 1. The number of amides is 1. The van der Waals surface area contributed by atoms with Gasteiger partial charge >= 0.3 is 0 Å². The van der Waals surface area contributed by atoms with Crippen molar-refractivity contribution >= 4 is 27.5 Å². The van der Waals surface area contributed by atoms with Crippen LogP contribution in [0.1, 0.15) is 35.3 Å². The van der Waals surface area contributed by atoms with Gasteiger partial charge in [0.2, 0.25) is 0 Å². The maximum absolute atomic E-state index is 13.8. The molecule has 3 aromatic rings. The molecule has 0 aromatic heterocycles. The Kier molecular flexibility index (Phi) is 4.65. The van der Waals surface area contributed by atoms with Gasteiger partial charge in [0.1, 0.15) is 18.0 Å². The normalized spacial score (nSPS) is 26.6.